The number of methoxy groups -OCH3 is 1. The van der Waals surface area contributed by atoms with E-state index in [4.69, 9.17) is 9.88 Å². The van der Waals surface area contributed by atoms with Gasteiger partial charge in [-0.1, -0.05) is 12.1 Å². The number of primary sulfonamides is 1. The summed E-state index contributed by atoms with van der Waals surface area (Å²) in [7, 11) is -5.99. The molecule has 1 saturated heterocycles. The molecule has 27 heavy (non-hydrogen) atoms. The molecule has 146 valence electrons. The van der Waals surface area contributed by atoms with Crippen LogP contribution >= 0.6 is 0 Å². The first kappa shape index (κ1) is 19.7. The van der Waals surface area contributed by atoms with Gasteiger partial charge in [0, 0.05) is 25.3 Å². The Bertz CT molecular complexity index is 1050. The predicted octanol–water partition coefficient (Wildman–Crippen LogP) is 1.74. The monoisotopic (exact) mass is 410 g/mol. The lowest BCUT2D eigenvalue weighted by molar-refractivity contribution is 0.414. The van der Waals surface area contributed by atoms with E-state index >= 15 is 0 Å². The summed E-state index contributed by atoms with van der Waals surface area (Å²) in [5.41, 5.74) is 1.65. The number of nitrogens with zero attached hydrogens (tertiary/aromatic N) is 1. The summed E-state index contributed by atoms with van der Waals surface area (Å²) in [5.74, 6) is 1.03. The summed E-state index contributed by atoms with van der Waals surface area (Å²) in [6, 6.07) is 11.8. The highest BCUT2D eigenvalue weighted by Crippen LogP contribution is 2.35. The molecule has 1 fully saturated rings. The van der Waals surface area contributed by atoms with Gasteiger partial charge in [0.25, 0.3) is 0 Å². The van der Waals surface area contributed by atoms with Crippen LogP contribution in [-0.4, -0.2) is 43.3 Å². The van der Waals surface area contributed by atoms with Crippen molar-refractivity contribution in [3.63, 3.8) is 0 Å². The molecule has 1 heterocycles. The minimum Gasteiger partial charge on any atom is -0.497 e. The van der Waals surface area contributed by atoms with Gasteiger partial charge in [-0.05, 0) is 42.3 Å². The minimum atomic E-state index is -3.98. The molecule has 9 heteroatoms. The van der Waals surface area contributed by atoms with Crippen LogP contribution in [0.15, 0.2) is 52.3 Å². The van der Waals surface area contributed by atoms with Crippen molar-refractivity contribution in [1.82, 2.24) is 0 Å². The second-order valence-electron chi connectivity index (χ2n) is 6.65. The fraction of sp³-hybridized carbons (Fsp3) is 0.333. The summed E-state index contributed by atoms with van der Waals surface area (Å²) in [6.45, 7) is 1.32. The number of rotatable bonds is 5. The molecule has 3 rings (SSSR count). The summed E-state index contributed by atoms with van der Waals surface area (Å²) in [4.78, 5) is 1.74. The van der Waals surface area contributed by atoms with Crippen LogP contribution in [0.1, 0.15) is 17.9 Å². The average Bonchev–Trinajstić information content (AvgIpc) is 3.09. The first-order chi connectivity index (χ1) is 12.6. The Morgan fingerprint density at radius 3 is 2.30 bits per heavy atom. The van der Waals surface area contributed by atoms with Gasteiger partial charge in [-0.2, -0.15) is 0 Å². The van der Waals surface area contributed by atoms with Gasteiger partial charge in [0.2, 0.25) is 10.0 Å². The van der Waals surface area contributed by atoms with Crippen LogP contribution in [0.5, 0.6) is 5.75 Å². The van der Waals surface area contributed by atoms with Gasteiger partial charge < -0.3 is 9.64 Å². The molecule has 0 radical (unpaired) electrons. The average molecular weight is 411 g/mol. The molecule has 0 bridgehead atoms. The van der Waals surface area contributed by atoms with Crippen LogP contribution in [0.3, 0.4) is 0 Å². The van der Waals surface area contributed by atoms with Crippen molar-refractivity contribution in [3.8, 4) is 5.75 Å². The molecule has 0 spiro atoms. The topological polar surface area (TPSA) is 107 Å². The Kier molecular flexibility index (Phi) is 5.20. The molecular weight excluding hydrogens is 388 g/mol. The number of anilines is 1. The predicted molar refractivity (Wildman–Crippen MR) is 103 cm³/mol. The third kappa shape index (κ3) is 4.26. The zero-order valence-corrected chi connectivity index (χ0v) is 16.8. The number of benzene rings is 2. The molecule has 1 unspecified atom stereocenters. The lowest BCUT2D eigenvalue weighted by atomic mass is 9.98. The summed E-state index contributed by atoms with van der Waals surface area (Å²) in [5, 5.41) is 5.15. The maximum absolute atomic E-state index is 12.2. The summed E-state index contributed by atoms with van der Waals surface area (Å²) >= 11 is 0. The third-order valence-corrected chi connectivity index (χ3v) is 6.81. The van der Waals surface area contributed by atoms with Crippen LogP contribution in [0, 0.1) is 0 Å². The van der Waals surface area contributed by atoms with Crippen LogP contribution in [-0.2, 0) is 19.9 Å². The number of sulfonamides is 1. The van der Waals surface area contributed by atoms with Gasteiger partial charge in [-0.25, -0.2) is 22.0 Å². The molecule has 2 aromatic rings. The first-order valence-electron chi connectivity index (χ1n) is 8.35. The van der Waals surface area contributed by atoms with Crippen molar-refractivity contribution in [2.75, 3.05) is 31.4 Å². The molecule has 0 aliphatic carbocycles. The second-order valence-corrected chi connectivity index (χ2v) is 10.2. The number of ether oxygens (including phenoxy) is 1. The summed E-state index contributed by atoms with van der Waals surface area (Å²) < 4.78 is 52.8. The van der Waals surface area contributed by atoms with Crippen molar-refractivity contribution in [2.24, 2.45) is 5.14 Å². The van der Waals surface area contributed by atoms with Crippen LogP contribution in [0.25, 0.3) is 0 Å². The fourth-order valence-electron chi connectivity index (χ4n) is 3.36. The highest BCUT2D eigenvalue weighted by molar-refractivity contribution is 7.91. The standard InChI is InChI=1S/C18H22N2O5S2/c1-25-15-5-3-13(4-6-15)14-9-10-20(12-14)17-8-7-16(27(19,23)24)11-18(17)26(2,21)22/h3-8,11,14H,9-10,12H2,1-2H3,(H2,19,23,24). The van der Waals surface area contributed by atoms with Crippen molar-refractivity contribution in [2.45, 2.75) is 22.1 Å². The number of hydrogen-bond donors (Lipinski definition) is 1. The molecule has 2 aromatic carbocycles. The van der Waals surface area contributed by atoms with Crippen LogP contribution in [0.4, 0.5) is 5.69 Å². The van der Waals surface area contributed by atoms with Gasteiger partial charge >= 0.3 is 0 Å². The zero-order chi connectivity index (χ0) is 19.8. The molecule has 0 aromatic heterocycles. The smallest absolute Gasteiger partial charge is 0.238 e. The minimum absolute atomic E-state index is 0.0237. The van der Waals surface area contributed by atoms with E-state index in [0.29, 0.717) is 18.8 Å². The Morgan fingerprint density at radius 1 is 1.07 bits per heavy atom. The van der Waals surface area contributed by atoms with Crippen molar-refractivity contribution in [1.29, 1.82) is 0 Å². The van der Waals surface area contributed by atoms with E-state index < -0.39 is 19.9 Å². The van der Waals surface area contributed by atoms with Crippen molar-refractivity contribution in [3.05, 3.63) is 48.0 Å². The van der Waals surface area contributed by atoms with Gasteiger partial charge in [-0.15, -0.1) is 0 Å². The maximum atomic E-state index is 12.2. The molecule has 7 nitrogen and oxygen atoms in total. The Morgan fingerprint density at radius 2 is 1.74 bits per heavy atom. The number of hydrogen-bond acceptors (Lipinski definition) is 6. The van der Waals surface area contributed by atoms with Crippen molar-refractivity contribution < 1.29 is 21.6 Å². The Labute approximate surface area is 159 Å². The SMILES string of the molecule is COc1ccc(C2CCN(c3ccc(S(N)(=O)=O)cc3S(C)(=O)=O)C2)cc1. The lowest BCUT2D eigenvalue weighted by Gasteiger charge is -2.22. The molecule has 1 atom stereocenters. The van der Waals surface area contributed by atoms with E-state index in [1.54, 1.807) is 7.11 Å². The van der Waals surface area contributed by atoms with E-state index in [1.807, 2.05) is 29.2 Å². The summed E-state index contributed by atoms with van der Waals surface area (Å²) in [6.07, 6.45) is 1.93. The molecule has 1 aliphatic heterocycles. The molecule has 0 amide bonds. The van der Waals surface area contributed by atoms with Crippen molar-refractivity contribution >= 4 is 25.5 Å². The first-order valence-corrected chi connectivity index (χ1v) is 11.8. The highest BCUT2D eigenvalue weighted by Gasteiger charge is 2.28. The van der Waals surface area contributed by atoms with E-state index in [1.165, 1.54) is 12.1 Å². The van der Waals surface area contributed by atoms with Crippen LogP contribution < -0.4 is 14.8 Å². The van der Waals surface area contributed by atoms with Gasteiger partial charge in [-0.3, -0.25) is 0 Å². The normalized spacial score (nSPS) is 17.9. The zero-order valence-electron chi connectivity index (χ0n) is 15.1. The van der Waals surface area contributed by atoms with Gasteiger partial charge in [0.05, 0.1) is 22.6 Å². The van der Waals surface area contributed by atoms with Gasteiger partial charge in [0.15, 0.2) is 9.84 Å². The van der Waals surface area contributed by atoms with E-state index in [0.717, 1.165) is 30.1 Å². The lowest BCUT2D eigenvalue weighted by Crippen LogP contribution is -2.22. The highest BCUT2D eigenvalue weighted by atomic mass is 32.2. The van der Waals surface area contributed by atoms with E-state index in [9.17, 15) is 16.8 Å². The fourth-order valence-corrected chi connectivity index (χ4v) is 4.89. The maximum Gasteiger partial charge on any atom is 0.238 e. The molecule has 1 aliphatic rings. The Balaban J connectivity index is 1.92. The molecule has 2 N–H and O–H groups in total. The van der Waals surface area contributed by atoms with Gasteiger partial charge in [0.1, 0.15) is 5.75 Å². The van der Waals surface area contributed by atoms with E-state index in [2.05, 4.69) is 0 Å². The van der Waals surface area contributed by atoms with Crippen LogP contribution in [0.2, 0.25) is 0 Å². The second kappa shape index (κ2) is 7.14. The molecular formula is C18H22N2O5S2. The number of nitrogens with two attached hydrogens (primary N) is 1. The quantitative estimate of drug-likeness (QED) is 0.805. The Hall–Kier alpha value is -2.10. The van der Waals surface area contributed by atoms with E-state index in [-0.39, 0.29) is 15.7 Å². The number of sulfone groups is 1. The molecule has 0 saturated carbocycles. The third-order valence-electron chi connectivity index (χ3n) is 4.78. The largest absolute Gasteiger partial charge is 0.497 e.